The highest BCUT2D eigenvalue weighted by atomic mass is 127. The van der Waals surface area contributed by atoms with Gasteiger partial charge in [-0.2, -0.15) is 11.8 Å². The monoisotopic (exact) mass is 425 g/mol. The third-order valence-corrected chi connectivity index (χ3v) is 6.83. The summed E-state index contributed by atoms with van der Waals surface area (Å²) in [5, 5.41) is 14.0. The van der Waals surface area contributed by atoms with Gasteiger partial charge < -0.3 is 15.8 Å². The van der Waals surface area contributed by atoms with Crippen LogP contribution in [0.15, 0.2) is 16.6 Å². The molecule has 1 saturated heterocycles. The van der Waals surface area contributed by atoms with E-state index in [4.69, 9.17) is 10.9 Å². The van der Waals surface area contributed by atoms with Gasteiger partial charge in [-0.3, -0.25) is 4.79 Å². The van der Waals surface area contributed by atoms with Gasteiger partial charge >= 0.3 is 0 Å². The number of halogens is 1. The number of thiophene rings is 1. The number of carbonyl (C=O) groups excluding carboxylic acids is 1. The summed E-state index contributed by atoms with van der Waals surface area (Å²) in [6, 6.07) is 1.91. The Morgan fingerprint density at radius 3 is 2.70 bits per heavy atom. The highest BCUT2D eigenvalue weighted by Gasteiger charge is 2.39. The Balaban J connectivity index is 2.06. The summed E-state index contributed by atoms with van der Waals surface area (Å²) < 4.78 is 0.757. The number of hydrogen-bond acceptors (Lipinski definition) is 5. The third-order valence-electron chi connectivity index (χ3n) is 3.64. The van der Waals surface area contributed by atoms with Gasteiger partial charge in [0.05, 0.1) is 13.2 Å². The molecule has 0 bridgehead atoms. The van der Waals surface area contributed by atoms with Gasteiger partial charge in [0.15, 0.2) is 5.84 Å². The first-order chi connectivity index (χ1) is 9.52. The van der Waals surface area contributed by atoms with Crippen molar-refractivity contribution in [3.05, 3.63) is 19.9 Å². The van der Waals surface area contributed by atoms with Crippen LogP contribution in [0.25, 0.3) is 0 Å². The molecule has 2 rings (SSSR count). The number of nitrogens with zero attached hydrogens (tertiary/aromatic N) is 2. The fourth-order valence-electron chi connectivity index (χ4n) is 2.33. The van der Waals surface area contributed by atoms with Crippen LogP contribution in [0.3, 0.4) is 0 Å². The zero-order chi connectivity index (χ0) is 14.8. The van der Waals surface area contributed by atoms with Crippen molar-refractivity contribution in [1.82, 2.24) is 4.90 Å². The van der Waals surface area contributed by atoms with Crippen molar-refractivity contribution in [2.75, 3.05) is 19.3 Å². The molecule has 1 aliphatic rings. The molecule has 5 nitrogen and oxygen atoms in total. The van der Waals surface area contributed by atoms with Crippen LogP contribution < -0.4 is 5.73 Å². The van der Waals surface area contributed by atoms with Crippen molar-refractivity contribution in [3.8, 4) is 0 Å². The molecule has 0 atom stereocenters. The Bertz CT molecular complexity index is 525. The normalized spacial score (nSPS) is 19.1. The minimum absolute atomic E-state index is 0.0679. The van der Waals surface area contributed by atoms with Crippen molar-refractivity contribution >= 4 is 57.4 Å². The number of rotatable bonds is 3. The van der Waals surface area contributed by atoms with E-state index in [0.717, 1.165) is 8.45 Å². The second kappa shape index (κ2) is 6.52. The van der Waals surface area contributed by atoms with Gasteiger partial charge in [0, 0.05) is 18.5 Å². The predicted octanol–water partition coefficient (Wildman–Crippen LogP) is 2.44. The number of likely N-dealkylation sites (tertiary alicyclic amines) is 1. The first-order valence-electron chi connectivity index (χ1n) is 6.09. The van der Waals surface area contributed by atoms with Crippen LogP contribution >= 0.6 is 45.7 Å². The molecule has 2 heterocycles. The van der Waals surface area contributed by atoms with E-state index in [1.54, 1.807) is 23.1 Å². The summed E-state index contributed by atoms with van der Waals surface area (Å²) in [6.07, 6.45) is 3.37. The lowest BCUT2D eigenvalue weighted by molar-refractivity contribution is 0.0718. The molecule has 1 amide bonds. The van der Waals surface area contributed by atoms with Gasteiger partial charge in [-0.1, -0.05) is 5.16 Å². The van der Waals surface area contributed by atoms with E-state index < -0.39 is 0 Å². The number of nitrogens with two attached hydrogens (primary N) is 1. The van der Waals surface area contributed by atoms with E-state index in [2.05, 4.69) is 27.7 Å². The Morgan fingerprint density at radius 2 is 2.25 bits per heavy atom. The molecule has 1 aliphatic heterocycles. The van der Waals surface area contributed by atoms with Crippen molar-refractivity contribution in [3.63, 3.8) is 0 Å². The number of carbonyl (C=O) groups is 1. The van der Waals surface area contributed by atoms with Gasteiger partial charge in [-0.15, -0.1) is 11.3 Å². The van der Waals surface area contributed by atoms with Crippen molar-refractivity contribution in [2.24, 2.45) is 10.9 Å². The standard InChI is InChI=1S/C12H16IN3O2S2/c1-19-12(11(14)15-18)2-4-16(5-3-12)10(17)8-6-9(13)20-7-8/h6-7,18H,2-5H2,1H3,(H2,14,15). The van der Waals surface area contributed by atoms with E-state index in [1.807, 2.05) is 22.6 Å². The molecule has 1 aromatic heterocycles. The molecular weight excluding hydrogens is 409 g/mol. The lowest BCUT2D eigenvalue weighted by Gasteiger charge is -2.39. The molecule has 0 aromatic carbocycles. The van der Waals surface area contributed by atoms with Crippen LogP contribution in [0.5, 0.6) is 0 Å². The molecule has 1 fully saturated rings. The van der Waals surface area contributed by atoms with Crippen molar-refractivity contribution < 1.29 is 10.0 Å². The number of thioether (sulfide) groups is 1. The molecule has 3 N–H and O–H groups in total. The van der Waals surface area contributed by atoms with Crippen molar-refractivity contribution in [2.45, 2.75) is 17.6 Å². The summed E-state index contributed by atoms with van der Waals surface area (Å²) in [5.41, 5.74) is 6.56. The van der Waals surface area contributed by atoms with Crippen LogP contribution in [-0.2, 0) is 0 Å². The minimum atomic E-state index is -0.353. The summed E-state index contributed by atoms with van der Waals surface area (Å²) in [6.45, 7) is 1.25. The van der Waals surface area contributed by atoms with Gasteiger partial charge in [0.1, 0.15) is 0 Å². The van der Waals surface area contributed by atoms with Gasteiger partial charge in [0.2, 0.25) is 0 Å². The second-order valence-electron chi connectivity index (χ2n) is 4.62. The zero-order valence-electron chi connectivity index (χ0n) is 11.0. The second-order valence-corrected chi connectivity index (χ2v) is 8.61. The lowest BCUT2D eigenvalue weighted by atomic mass is 9.94. The number of amidine groups is 1. The Kier molecular flexibility index (Phi) is 5.19. The number of amides is 1. The van der Waals surface area contributed by atoms with Crippen LogP contribution in [0.2, 0.25) is 0 Å². The maximum atomic E-state index is 12.4. The molecule has 110 valence electrons. The zero-order valence-corrected chi connectivity index (χ0v) is 14.8. The quantitative estimate of drug-likeness (QED) is 0.256. The number of hydrogen-bond donors (Lipinski definition) is 2. The largest absolute Gasteiger partial charge is 0.409 e. The summed E-state index contributed by atoms with van der Waals surface area (Å²) >= 11 is 5.37. The average molecular weight is 425 g/mol. The van der Waals surface area contributed by atoms with Gasteiger partial charge in [0.25, 0.3) is 5.91 Å². The minimum Gasteiger partial charge on any atom is -0.409 e. The highest BCUT2D eigenvalue weighted by molar-refractivity contribution is 14.1. The van der Waals surface area contributed by atoms with Gasteiger partial charge in [-0.25, -0.2) is 0 Å². The Labute approximate surface area is 139 Å². The molecule has 0 spiro atoms. The van der Waals surface area contributed by atoms with Crippen LogP contribution in [0.4, 0.5) is 0 Å². The Hall–Kier alpha value is -0.480. The molecule has 8 heteroatoms. The highest BCUT2D eigenvalue weighted by Crippen LogP contribution is 2.35. The fourth-order valence-corrected chi connectivity index (χ4v) is 4.49. The maximum absolute atomic E-state index is 12.4. The van der Waals surface area contributed by atoms with E-state index in [0.29, 0.717) is 25.9 Å². The molecule has 0 saturated carbocycles. The molecule has 0 radical (unpaired) electrons. The maximum Gasteiger partial charge on any atom is 0.254 e. The number of oxime groups is 1. The molecular formula is C12H16IN3O2S2. The molecule has 0 aliphatic carbocycles. The molecule has 0 unspecified atom stereocenters. The van der Waals surface area contributed by atoms with E-state index in [-0.39, 0.29) is 16.5 Å². The van der Waals surface area contributed by atoms with Crippen molar-refractivity contribution in [1.29, 1.82) is 0 Å². The smallest absolute Gasteiger partial charge is 0.254 e. The average Bonchev–Trinajstić information content (AvgIpc) is 2.92. The molecule has 20 heavy (non-hydrogen) atoms. The third kappa shape index (κ3) is 3.06. The summed E-state index contributed by atoms with van der Waals surface area (Å²) in [5.74, 6) is 0.320. The van der Waals surface area contributed by atoms with E-state index >= 15 is 0 Å². The topological polar surface area (TPSA) is 78.9 Å². The van der Waals surface area contributed by atoms with E-state index in [1.165, 1.54) is 0 Å². The van der Waals surface area contributed by atoms with Crippen LogP contribution in [-0.4, -0.2) is 45.9 Å². The summed E-state index contributed by atoms with van der Waals surface area (Å²) in [7, 11) is 0. The first-order valence-corrected chi connectivity index (χ1v) is 9.27. The molecule has 1 aromatic rings. The van der Waals surface area contributed by atoms with Crippen LogP contribution in [0, 0.1) is 2.88 Å². The Morgan fingerprint density at radius 1 is 1.60 bits per heavy atom. The fraction of sp³-hybridized carbons (Fsp3) is 0.500. The SMILES string of the molecule is CSC1(C(N)=NO)CCN(C(=O)c2csc(I)c2)CC1. The first kappa shape index (κ1) is 15.9. The summed E-state index contributed by atoms with van der Waals surface area (Å²) in [4.78, 5) is 14.2. The van der Waals surface area contributed by atoms with Gasteiger partial charge in [-0.05, 0) is 47.8 Å². The van der Waals surface area contributed by atoms with E-state index in [9.17, 15) is 4.79 Å². The predicted molar refractivity (Wildman–Crippen MR) is 91.8 cm³/mol. The lowest BCUT2D eigenvalue weighted by Crippen LogP contribution is -2.51. The number of piperidine rings is 1. The van der Waals surface area contributed by atoms with Crippen LogP contribution in [0.1, 0.15) is 23.2 Å².